The maximum atomic E-state index is 5.73. The fourth-order valence-corrected chi connectivity index (χ4v) is 3.68. The second-order valence-corrected chi connectivity index (χ2v) is 6.95. The summed E-state index contributed by atoms with van der Waals surface area (Å²) in [5.74, 6) is 3.32. The van der Waals surface area contributed by atoms with Crippen molar-refractivity contribution in [3.05, 3.63) is 22.6 Å². The van der Waals surface area contributed by atoms with E-state index in [0.717, 1.165) is 28.9 Å². The monoisotopic (exact) mass is 311 g/mol. The van der Waals surface area contributed by atoms with E-state index in [2.05, 4.69) is 28.2 Å². The van der Waals surface area contributed by atoms with Crippen molar-refractivity contribution in [2.24, 2.45) is 11.8 Å². The molecule has 2 aliphatic rings. The van der Waals surface area contributed by atoms with E-state index in [0.29, 0.717) is 5.92 Å². The highest BCUT2D eigenvalue weighted by molar-refractivity contribution is 9.10. The van der Waals surface area contributed by atoms with Crippen LogP contribution < -0.4 is 5.32 Å². The average molecular weight is 312 g/mol. The van der Waals surface area contributed by atoms with E-state index >= 15 is 0 Å². The van der Waals surface area contributed by atoms with E-state index in [9.17, 15) is 0 Å². The SMILES string of the molecule is CC1CCC(CNC2CC2)C(c2occc2Br)C1. The van der Waals surface area contributed by atoms with Crippen LogP contribution in [0.5, 0.6) is 0 Å². The van der Waals surface area contributed by atoms with Gasteiger partial charge in [-0.3, -0.25) is 0 Å². The molecule has 0 aliphatic heterocycles. The van der Waals surface area contributed by atoms with Crippen molar-refractivity contribution in [1.82, 2.24) is 5.32 Å². The van der Waals surface area contributed by atoms with Crippen molar-refractivity contribution >= 4 is 15.9 Å². The third-order valence-corrected chi connectivity index (χ3v) is 5.14. The summed E-state index contributed by atoms with van der Waals surface area (Å²) in [6, 6.07) is 2.84. The quantitative estimate of drug-likeness (QED) is 0.896. The van der Waals surface area contributed by atoms with Crippen molar-refractivity contribution in [1.29, 1.82) is 0 Å². The third-order valence-electron chi connectivity index (χ3n) is 4.48. The first-order valence-corrected chi connectivity index (χ1v) is 7.99. The number of nitrogens with one attached hydrogen (secondary N) is 1. The molecular weight excluding hydrogens is 290 g/mol. The third kappa shape index (κ3) is 2.83. The molecule has 0 spiro atoms. The molecule has 0 amide bonds. The topological polar surface area (TPSA) is 25.2 Å². The summed E-state index contributed by atoms with van der Waals surface area (Å²) < 4.78 is 6.88. The summed E-state index contributed by atoms with van der Waals surface area (Å²) >= 11 is 3.63. The lowest BCUT2D eigenvalue weighted by Gasteiger charge is -2.34. The van der Waals surface area contributed by atoms with Crippen LogP contribution in [0, 0.1) is 11.8 Å². The Morgan fingerprint density at radius 1 is 1.33 bits per heavy atom. The van der Waals surface area contributed by atoms with Gasteiger partial charge in [-0.05, 0) is 66.1 Å². The molecule has 0 saturated heterocycles. The second-order valence-electron chi connectivity index (χ2n) is 6.10. The van der Waals surface area contributed by atoms with Crippen molar-refractivity contribution in [2.75, 3.05) is 6.54 Å². The molecule has 3 atom stereocenters. The largest absolute Gasteiger partial charge is 0.468 e. The molecule has 100 valence electrons. The number of halogens is 1. The number of rotatable bonds is 4. The van der Waals surface area contributed by atoms with Crippen molar-refractivity contribution < 1.29 is 4.42 Å². The summed E-state index contributed by atoms with van der Waals surface area (Å²) in [5.41, 5.74) is 0. The van der Waals surface area contributed by atoms with Gasteiger partial charge in [0.2, 0.25) is 0 Å². The molecule has 1 N–H and O–H groups in total. The van der Waals surface area contributed by atoms with Crippen molar-refractivity contribution in [3.8, 4) is 0 Å². The average Bonchev–Trinajstić information content (AvgIpc) is 3.09. The lowest BCUT2D eigenvalue weighted by Crippen LogP contribution is -2.32. The lowest BCUT2D eigenvalue weighted by atomic mass is 9.73. The summed E-state index contributed by atoms with van der Waals surface area (Å²) in [7, 11) is 0. The van der Waals surface area contributed by atoms with Crippen LogP contribution in [-0.4, -0.2) is 12.6 Å². The molecule has 2 fully saturated rings. The molecule has 2 saturated carbocycles. The Kier molecular flexibility index (Phi) is 3.81. The predicted octanol–water partition coefficient (Wildman–Crippen LogP) is 4.31. The van der Waals surface area contributed by atoms with Gasteiger partial charge in [-0.2, -0.15) is 0 Å². The summed E-state index contributed by atoms with van der Waals surface area (Å²) in [4.78, 5) is 0. The van der Waals surface area contributed by atoms with Crippen LogP contribution in [0.2, 0.25) is 0 Å². The van der Waals surface area contributed by atoms with Crippen LogP contribution in [0.25, 0.3) is 0 Å². The minimum atomic E-state index is 0.587. The van der Waals surface area contributed by atoms with Crippen molar-refractivity contribution in [3.63, 3.8) is 0 Å². The zero-order valence-electron chi connectivity index (χ0n) is 11.0. The molecule has 3 rings (SSSR count). The van der Waals surface area contributed by atoms with Gasteiger partial charge in [0, 0.05) is 12.0 Å². The van der Waals surface area contributed by atoms with Crippen LogP contribution >= 0.6 is 15.9 Å². The van der Waals surface area contributed by atoms with Crippen LogP contribution in [-0.2, 0) is 0 Å². The van der Waals surface area contributed by atoms with Gasteiger partial charge in [-0.1, -0.05) is 13.3 Å². The standard InChI is InChI=1S/C15H22BrNO/c1-10-2-3-11(9-17-12-4-5-12)13(8-10)15-14(16)6-7-18-15/h6-7,10-13,17H,2-5,8-9H2,1H3. The van der Waals surface area contributed by atoms with Crippen LogP contribution in [0.3, 0.4) is 0 Å². The molecule has 3 heteroatoms. The Bertz CT molecular complexity index is 399. The number of furan rings is 1. The smallest absolute Gasteiger partial charge is 0.121 e. The van der Waals surface area contributed by atoms with Crippen molar-refractivity contribution in [2.45, 2.75) is 51.0 Å². The minimum Gasteiger partial charge on any atom is -0.468 e. The van der Waals surface area contributed by atoms with E-state index in [1.165, 1.54) is 37.9 Å². The number of hydrogen-bond donors (Lipinski definition) is 1. The predicted molar refractivity (Wildman–Crippen MR) is 76.7 cm³/mol. The minimum absolute atomic E-state index is 0.587. The summed E-state index contributed by atoms with van der Waals surface area (Å²) in [5, 5.41) is 3.70. The van der Waals surface area contributed by atoms with Crippen LogP contribution in [0.4, 0.5) is 0 Å². The zero-order chi connectivity index (χ0) is 12.5. The van der Waals surface area contributed by atoms with Gasteiger partial charge < -0.3 is 9.73 Å². The lowest BCUT2D eigenvalue weighted by molar-refractivity contribution is 0.217. The molecule has 0 aromatic carbocycles. The zero-order valence-corrected chi connectivity index (χ0v) is 12.6. The Hall–Kier alpha value is -0.280. The molecule has 2 aliphatic carbocycles. The van der Waals surface area contributed by atoms with Gasteiger partial charge in [0.15, 0.2) is 0 Å². The Morgan fingerprint density at radius 2 is 2.17 bits per heavy atom. The van der Waals surface area contributed by atoms with Gasteiger partial charge in [0.25, 0.3) is 0 Å². The van der Waals surface area contributed by atoms with E-state index in [1.807, 2.05) is 12.3 Å². The van der Waals surface area contributed by atoms with E-state index < -0.39 is 0 Å². The van der Waals surface area contributed by atoms with Crippen LogP contribution in [0.15, 0.2) is 21.2 Å². The fourth-order valence-electron chi connectivity index (χ4n) is 3.18. The van der Waals surface area contributed by atoms with Gasteiger partial charge in [-0.15, -0.1) is 0 Å². The molecule has 1 aromatic heterocycles. The van der Waals surface area contributed by atoms with E-state index in [1.54, 1.807) is 0 Å². The van der Waals surface area contributed by atoms with Gasteiger partial charge in [0.1, 0.15) is 5.76 Å². The van der Waals surface area contributed by atoms with E-state index in [4.69, 9.17) is 4.42 Å². The Balaban J connectivity index is 1.70. The summed E-state index contributed by atoms with van der Waals surface area (Å²) in [6.07, 6.45) is 8.52. The van der Waals surface area contributed by atoms with Gasteiger partial charge in [-0.25, -0.2) is 0 Å². The molecule has 0 bridgehead atoms. The first kappa shape index (κ1) is 12.7. The molecule has 18 heavy (non-hydrogen) atoms. The molecule has 2 nitrogen and oxygen atoms in total. The molecule has 3 unspecified atom stereocenters. The highest BCUT2D eigenvalue weighted by Gasteiger charge is 2.34. The normalized spacial score (nSPS) is 32.7. The van der Waals surface area contributed by atoms with E-state index in [-0.39, 0.29) is 0 Å². The Morgan fingerprint density at radius 3 is 2.83 bits per heavy atom. The maximum Gasteiger partial charge on any atom is 0.121 e. The van der Waals surface area contributed by atoms with Gasteiger partial charge in [0.05, 0.1) is 10.7 Å². The molecular formula is C15H22BrNO. The maximum absolute atomic E-state index is 5.73. The fraction of sp³-hybridized carbons (Fsp3) is 0.733. The molecule has 1 aromatic rings. The van der Waals surface area contributed by atoms with Crippen LogP contribution in [0.1, 0.15) is 50.7 Å². The molecule has 0 radical (unpaired) electrons. The number of hydrogen-bond acceptors (Lipinski definition) is 2. The summed E-state index contributed by atoms with van der Waals surface area (Å²) in [6.45, 7) is 3.53. The molecule has 1 heterocycles. The highest BCUT2D eigenvalue weighted by atomic mass is 79.9. The van der Waals surface area contributed by atoms with Gasteiger partial charge >= 0.3 is 0 Å². The second kappa shape index (κ2) is 5.38. The first-order valence-electron chi connectivity index (χ1n) is 7.20. The Labute approximate surface area is 118 Å². The first-order chi connectivity index (χ1) is 8.74. The highest BCUT2D eigenvalue weighted by Crippen LogP contribution is 2.43.